The fourth-order valence-electron chi connectivity index (χ4n) is 10.8. The van der Waals surface area contributed by atoms with Gasteiger partial charge in [0.15, 0.2) is 0 Å². The molecule has 1 aliphatic rings. The minimum atomic E-state index is -0.292. The molecule has 348 valence electrons. The maximum absolute atomic E-state index is 9.82. The van der Waals surface area contributed by atoms with Crippen LogP contribution in [0.25, 0.3) is 56.7 Å². The molecule has 8 aromatic rings. The van der Waals surface area contributed by atoms with Gasteiger partial charge in [-0.05, 0) is 146 Å². The first kappa shape index (κ1) is 47.8. The van der Waals surface area contributed by atoms with E-state index in [-0.39, 0.29) is 10.8 Å². The number of nitrogens with zero attached hydrogens (tertiary/aromatic N) is 1. The average molecular weight is 910 g/mol. The molecule has 0 saturated carbocycles. The average Bonchev–Trinajstić information content (AvgIpc) is 3.68. The Bertz CT molecular complexity index is 2790. The smallest absolute Gasteiger partial charge is 0.0683 e. The molecule has 0 heterocycles. The molecule has 0 bridgehead atoms. The molecule has 0 spiro atoms. The molecule has 0 atom stereocenters. The number of nitriles is 1. The molecule has 0 aromatic heterocycles. The Labute approximate surface area is 419 Å². The Kier molecular flexibility index (Phi) is 15.3. The first-order valence-corrected chi connectivity index (χ1v) is 25.9. The third kappa shape index (κ3) is 11.1. The first-order chi connectivity index (χ1) is 34.3. The van der Waals surface area contributed by atoms with E-state index >= 15 is 0 Å². The lowest BCUT2D eigenvalue weighted by molar-refractivity contribution is 0.380. The number of hydrogen-bond donors (Lipinski definition) is 0. The third-order valence-corrected chi connectivity index (χ3v) is 14.7. The van der Waals surface area contributed by atoms with Crippen molar-refractivity contribution < 1.29 is 0 Å². The first-order valence-electron chi connectivity index (χ1n) is 25.9. The fraction of sp³-hybridized carbons (Fsp3) is 0.232. The molecule has 0 unspecified atom stereocenters. The zero-order valence-electron chi connectivity index (χ0n) is 41.5. The van der Waals surface area contributed by atoms with Gasteiger partial charge in [-0.2, -0.15) is 5.26 Å². The molecule has 0 amide bonds. The standard InChI is InChI=1S/C69H67N/c1-4-5-6-7-22-45-69(46-23-12-21-44-68(2,3)51-70)66-49-60(54-36-32-52(33-37-54)47-64(56-24-13-8-14-25-56)57-26-15-9-16-27-57)40-42-62(66)63-43-41-61(50-67(63)69)55-38-34-53(35-39-55)48-65(58-28-17-10-18-29-58)59-30-19-11-20-31-59/h8-11,13-20,24-43,47-50H,4-7,12,21-23,44-46H2,1-3H3. The summed E-state index contributed by atoms with van der Waals surface area (Å²) in [5, 5.41) is 9.82. The summed E-state index contributed by atoms with van der Waals surface area (Å²) in [6.07, 6.45) is 17.4. The topological polar surface area (TPSA) is 23.8 Å². The van der Waals surface area contributed by atoms with Crippen molar-refractivity contribution in [3.63, 3.8) is 0 Å². The minimum Gasteiger partial charge on any atom is -0.198 e. The maximum atomic E-state index is 9.82. The lowest BCUT2D eigenvalue weighted by Gasteiger charge is -2.33. The van der Waals surface area contributed by atoms with Gasteiger partial charge in [-0.25, -0.2) is 0 Å². The van der Waals surface area contributed by atoms with E-state index < -0.39 is 0 Å². The molecule has 1 aliphatic carbocycles. The predicted octanol–water partition coefficient (Wildman–Crippen LogP) is 19.3. The van der Waals surface area contributed by atoms with E-state index in [4.69, 9.17) is 0 Å². The van der Waals surface area contributed by atoms with Crippen LogP contribution in [0.3, 0.4) is 0 Å². The quantitative estimate of drug-likeness (QED) is 0.0552. The molecule has 8 aromatic carbocycles. The van der Waals surface area contributed by atoms with E-state index in [9.17, 15) is 5.26 Å². The SMILES string of the molecule is CCCCCCCC1(CCCCCC(C)(C)C#N)c2cc(-c3ccc(C=C(c4ccccc4)c4ccccc4)cc3)ccc2-c2ccc(-c3ccc(C=C(c4ccccc4)c4ccccc4)cc3)cc21. The lowest BCUT2D eigenvalue weighted by Crippen LogP contribution is -2.25. The van der Waals surface area contributed by atoms with E-state index in [1.165, 1.54) is 121 Å². The molecule has 1 heteroatoms. The van der Waals surface area contributed by atoms with Crippen molar-refractivity contribution in [2.75, 3.05) is 0 Å². The van der Waals surface area contributed by atoms with E-state index in [0.717, 1.165) is 38.5 Å². The summed E-state index contributed by atoms with van der Waals surface area (Å²) in [6, 6.07) is 78.5. The zero-order chi connectivity index (χ0) is 48.2. The molecular weight excluding hydrogens is 843 g/mol. The van der Waals surface area contributed by atoms with Gasteiger partial charge in [-0.3, -0.25) is 0 Å². The van der Waals surface area contributed by atoms with Gasteiger partial charge in [0.05, 0.1) is 11.5 Å². The van der Waals surface area contributed by atoms with Crippen molar-refractivity contribution in [2.45, 2.75) is 96.8 Å². The molecule has 0 N–H and O–H groups in total. The van der Waals surface area contributed by atoms with Crippen molar-refractivity contribution in [3.05, 3.63) is 251 Å². The lowest BCUT2D eigenvalue weighted by atomic mass is 9.70. The Morgan fingerprint density at radius 2 is 0.786 bits per heavy atom. The van der Waals surface area contributed by atoms with Gasteiger partial charge in [-0.15, -0.1) is 0 Å². The van der Waals surface area contributed by atoms with Crippen LogP contribution in [0, 0.1) is 16.7 Å². The molecule has 0 saturated heterocycles. The van der Waals surface area contributed by atoms with Crippen LogP contribution in [-0.4, -0.2) is 0 Å². The molecule has 1 nitrogen and oxygen atoms in total. The summed E-state index contributed by atoms with van der Waals surface area (Å²) >= 11 is 0. The molecular formula is C69H67N. The van der Waals surface area contributed by atoms with E-state index in [1.807, 2.05) is 0 Å². The van der Waals surface area contributed by atoms with E-state index in [2.05, 4.69) is 245 Å². The highest BCUT2D eigenvalue weighted by Gasteiger charge is 2.42. The number of fused-ring (bicyclic) bond motifs is 3. The summed E-state index contributed by atoms with van der Waals surface area (Å²) in [5.74, 6) is 0. The Balaban J connectivity index is 1.08. The van der Waals surface area contributed by atoms with E-state index in [1.54, 1.807) is 0 Å². The minimum absolute atomic E-state index is 0.112. The Hall–Kier alpha value is -7.27. The molecule has 9 rings (SSSR count). The number of benzene rings is 8. The van der Waals surface area contributed by atoms with Crippen LogP contribution in [0.15, 0.2) is 206 Å². The van der Waals surface area contributed by atoms with Crippen LogP contribution in [0.5, 0.6) is 0 Å². The van der Waals surface area contributed by atoms with Crippen LogP contribution in [0.4, 0.5) is 0 Å². The van der Waals surface area contributed by atoms with Crippen LogP contribution >= 0.6 is 0 Å². The largest absolute Gasteiger partial charge is 0.198 e. The van der Waals surface area contributed by atoms with Crippen molar-refractivity contribution >= 4 is 23.3 Å². The van der Waals surface area contributed by atoms with Gasteiger partial charge in [0, 0.05) is 5.41 Å². The van der Waals surface area contributed by atoms with Crippen LogP contribution in [0.2, 0.25) is 0 Å². The zero-order valence-corrected chi connectivity index (χ0v) is 41.5. The predicted molar refractivity (Wildman–Crippen MR) is 299 cm³/mol. The van der Waals surface area contributed by atoms with E-state index in [0.29, 0.717) is 0 Å². The van der Waals surface area contributed by atoms with Gasteiger partial charge in [0.2, 0.25) is 0 Å². The summed E-state index contributed by atoms with van der Waals surface area (Å²) in [4.78, 5) is 0. The highest BCUT2D eigenvalue weighted by molar-refractivity contribution is 5.93. The number of hydrogen-bond acceptors (Lipinski definition) is 1. The molecule has 0 radical (unpaired) electrons. The Morgan fingerprint density at radius 1 is 0.429 bits per heavy atom. The molecule has 70 heavy (non-hydrogen) atoms. The van der Waals surface area contributed by atoms with Crippen molar-refractivity contribution in [1.29, 1.82) is 5.26 Å². The summed E-state index contributed by atoms with van der Waals surface area (Å²) in [5.41, 5.74) is 20.0. The second-order valence-corrected chi connectivity index (χ2v) is 20.1. The molecule has 0 aliphatic heterocycles. The van der Waals surface area contributed by atoms with Gasteiger partial charge in [0.1, 0.15) is 0 Å². The van der Waals surface area contributed by atoms with Gasteiger partial charge >= 0.3 is 0 Å². The maximum Gasteiger partial charge on any atom is 0.0683 e. The summed E-state index contributed by atoms with van der Waals surface area (Å²) in [7, 11) is 0. The van der Waals surface area contributed by atoms with Crippen LogP contribution < -0.4 is 0 Å². The number of unbranched alkanes of at least 4 members (excludes halogenated alkanes) is 6. The molecule has 0 fully saturated rings. The van der Waals surface area contributed by atoms with Crippen LogP contribution in [0.1, 0.15) is 136 Å². The van der Waals surface area contributed by atoms with Gasteiger partial charge < -0.3 is 0 Å². The van der Waals surface area contributed by atoms with Gasteiger partial charge in [-0.1, -0.05) is 252 Å². The Morgan fingerprint density at radius 3 is 1.16 bits per heavy atom. The normalized spacial score (nSPS) is 12.4. The third-order valence-electron chi connectivity index (χ3n) is 14.7. The highest BCUT2D eigenvalue weighted by atomic mass is 14.5. The van der Waals surface area contributed by atoms with Crippen molar-refractivity contribution in [2.24, 2.45) is 5.41 Å². The summed E-state index contributed by atoms with van der Waals surface area (Å²) < 4.78 is 0. The van der Waals surface area contributed by atoms with Gasteiger partial charge in [0.25, 0.3) is 0 Å². The second kappa shape index (κ2) is 22.4. The highest BCUT2D eigenvalue weighted by Crippen LogP contribution is 2.56. The second-order valence-electron chi connectivity index (χ2n) is 20.1. The number of rotatable bonds is 20. The summed E-state index contributed by atoms with van der Waals surface area (Å²) in [6.45, 7) is 6.48. The fourth-order valence-corrected chi connectivity index (χ4v) is 10.8. The monoisotopic (exact) mass is 910 g/mol. The van der Waals surface area contributed by atoms with Crippen molar-refractivity contribution in [3.8, 4) is 39.4 Å². The van der Waals surface area contributed by atoms with Crippen molar-refractivity contribution in [1.82, 2.24) is 0 Å². The van der Waals surface area contributed by atoms with Crippen LogP contribution in [-0.2, 0) is 5.41 Å².